The molecule has 0 atom stereocenters. The molecule has 2 aromatic carbocycles. The van der Waals surface area contributed by atoms with Gasteiger partial charge in [0.05, 0.1) is 4.90 Å². The molecule has 1 heterocycles. The van der Waals surface area contributed by atoms with Gasteiger partial charge in [0.15, 0.2) is 0 Å². The lowest BCUT2D eigenvalue weighted by Crippen LogP contribution is -2.32. The van der Waals surface area contributed by atoms with Gasteiger partial charge >= 0.3 is 12.6 Å². The molecule has 0 spiro atoms. The van der Waals surface area contributed by atoms with Crippen LogP contribution < -0.4 is 10.1 Å². The maximum absolute atomic E-state index is 13.0. The molecule has 0 bridgehead atoms. The molecular weight excluding hydrogens is 440 g/mol. The van der Waals surface area contributed by atoms with Crippen LogP contribution >= 0.6 is 0 Å². The number of carbonyl (C=O) groups is 1. The Morgan fingerprint density at radius 1 is 1.09 bits per heavy atom. The molecule has 174 valence electrons. The molecule has 1 saturated heterocycles. The summed E-state index contributed by atoms with van der Waals surface area (Å²) < 4.78 is 56.3. The zero-order chi connectivity index (χ0) is 23.1. The number of nitrogens with one attached hydrogen (secondary N) is 1. The second kappa shape index (κ2) is 10.7. The Kier molecular flexibility index (Phi) is 8.03. The molecule has 0 aliphatic carbocycles. The van der Waals surface area contributed by atoms with Crippen molar-refractivity contribution >= 4 is 21.7 Å². The van der Waals surface area contributed by atoms with E-state index in [1.54, 1.807) is 31.3 Å². The van der Waals surface area contributed by atoms with E-state index in [0.717, 1.165) is 31.2 Å². The average molecular weight is 468 g/mol. The Labute approximate surface area is 187 Å². The molecular formula is C22H27F2N3O4S. The summed E-state index contributed by atoms with van der Waals surface area (Å²) in [6, 6.07) is 11.8. The first-order chi connectivity index (χ1) is 15.3. The molecule has 1 fully saturated rings. The normalized spacial score (nSPS) is 15.2. The van der Waals surface area contributed by atoms with Crippen molar-refractivity contribution in [1.29, 1.82) is 0 Å². The number of amides is 2. The van der Waals surface area contributed by atoms with Gasteiger partial charge in [-0.3, -0.25) is 0 Å². The van der Waals surface area contributed by atoms with E-state index in [-0.39, 0.29) is 17.2 Å². The van der Waals surface area contributed by atoms with Gasteiger partial charge < -0.3 is 15.0 Å². The number of alkyl halides is 2. The predicted molar refractivity (Wildman–Crippen MR) is 117 cm³/mol. The fourth-order valence-electron chi connectivity index (χ4n) is 3.51. The number of nitrogens with zero attached hydrogens (tertiary/aromatic N) is 2. The quantitative estimate of drug-likeness (QED) is 0.650. The molecule has 0 saturated carbocycles. The molecule has 32 heavy (non-hydrogen) atoms. The lowest BCUT2D eigenvalue weighted by atomic mass is 10.2. The van der Waals surface area contributed by atoms with Crippen LogP contribution in [0.25, 0.3) is 0 Å². The fraction of sp³-hybridized carbons (Fsp3) is 0.409. The number of rotatable bonds is 7. The maximum Gasteiger partial charge on any atom is 0.387 e. The number of halogens is 2. The van der Waals surface area contributed by atoms with Crippen LogP contribution in [0.5, 0.6) is 5.75 Å². The third kappa shape index (κ3) is 6.39. The van der Waals surface area contributed by atoms with Crippen LogP contribution in [0, 0.1) is 0 Å². The molecule has 1 aliphatic heterocycles. The van der Waals surface area contributed by atoms with Gasteiger partial charge in [-0.1, -0.05) is 31.0 Å². The highest BCUT2D eigenvalue weighted by Gasteiger charge is 2.25. The fourth-order valence-corrected chi connectivity index (χ4v) is 5.07. The monoisotopic (exact) mass is 467 g/mol. The van der Waals surface area contributed by atoms with Gasteiger partial charge in [-0.25, -0.2) is 13.2 Å². The third-order valence-electron chi connectivity index (χ3n) is 5.20. The SMILES string of the molecule is CN(Cc1ccc(OC(F)F)cc1)C(=O)Nc1cccc(S(=O)(=O)N2CCCCCC2)c1. The Balaban J connectivity index is 1.63. The van der Waals surface area contributed by atoms with E-state index in [4.69, 9.17) is 0 Å². The van der Waals surface area contributed by atoms with E-state index < -0.39 is 22.7 Å². The molecule has 10 heteroatoms. The minimum absolute atomic E-state index is 0.0401. The minimum Gasteiger partial charge on any atom is -0.435 e. The van der Waals surface area contributed by atoms with Gasteiger partial charge in [0.1, 0.15) is 5.75 Å². The lowest BCUT2D eigenvalue weighted by Gasteiger charge is -2.21. The highest BCUT2D eigenvalue weighted by molar-refractivity contribution is 7.89. The second-order valence-corrected chi connectivity index (χ2v) is 9.59. The van der Waals surface area contributed by atoms with Crippen LogP contribution in [-0.4, -0.2) is 50.4 Å². The topological polar surface area (TPSA) is 79.0 Å². The van der Waals surface area contributed by atoms with E-state index in [2.05, 4.69) is 10.1 Å². The first kappa shape index (κ1) is 23.9. The summed E-state index contributed by atoms with van der Waals surface area (Å²) in [5.41, 5.74) is 1.10. The van der Waals surface area contributed by atoms with Crippen molar-refractivity contribution in [3.63, 3.8) is 0 Å². The first-order valence-electron chi connectivity index (χ1n) is 10.4. The smallest absolute Gasteiger partial charge is 0.387 e. The van der Waals surface area contributed by atoms with Crippen molar-refractivity contribution < 1.29 is 26.7 Å². The van der Waals surface area contributed by atoms with Crippen molar-refractivity contribution in [2.45, 2.75) is 43.7 Å². The molecule has 0 unspecified atom stereocenters. The molecule has 1 N–H and O–H groups in total. The van der Waals surface area contributed by atoms with Crippen LogP contribution in [0.3, 0.4) is 0 Å². The number of anilines is 1. The lowest BCUT2D eigenvalue weighted by molar-refractivity contribution is -0.0498. The number of ether oxygens (including phenoxy) is 1. The molecule has 2 aromatic rings. The second-order valence-electron chi connectivity index (χ2n) is 7.65. The number of sulfonamides is 1. The summed E-state index contributed by atoms with van der Waals surface area (Å²) in [6.45, 7) is -1.66. The number of benzene rings is 2. The number of hydrogen-bond donors (Lipinski definition) is 1. The van der Waals surface area contributed by atoms with Gasteiger partial charge in [-0.05, 0) is 48.7 Å². The third-order valence-corrected chi connectivity index (χ3v) is 7.10. The molecule has 7 nitrogen and oxygen atoms in total. The van der Waals surface area contributed by atoms with Gasteiger partial charge in [0.25, 0.3) is 0 Å². The van der Waals surface area contributed by atoms with Gasteiger partial charge in [0, 0.05) is 32.4 Å². The summed E-state index contributed by atoms with van der Waals surface area (Å²) in [5, 5.41) is 2.71. The van der Waals surface area contributed by atoms with Gasteiger partial charge in [-0.15, -0.1) is 0 Å². The van der Waals surface area contributed by atoms with Crippen LogP contribution in [-0.2, 0) is 16.6 Å². The molecule has 3 rings (SSSR count). The largest absolute Gasteiger partial charge is 0.435 e. The average Bonchev–Trinajstić information content (AvgIpc) is 3.05. The standard InChI is InChI=1S/C22H27F2N3O4S/c1-26(16-17-9-11-19(12-10-17)31-21(23)24)22(28)25-18-7-6-8-20(15-18)32(29,30)27-13-4-2-3-5-14-27/h6-12,15,21H,2-5,13-14,16H2,1H3,(H,25,28). The molecule has 0 aromatic heterocycles. The van der Waals surface area contributed by atoms with Gasteiger partial charge in [-0.2, -0.15) is 13.1 Å². The van der Waals surface area contributed by atoms with Gasteiger partial charge in [0.2, 0.25) is 10.0 Å². The molecule has 1 aliphatic rings. The number of urea groups is 1. The van der Waals surface area contributed by atoms with Crippen LogP contribution in [0.2, 0.25) is 0 Å². The highest BCUT2D eigenvalue weighted by Crippen LogP contribution is 2.23. The van der Waals surface area contributed by atoms with E-state index in [1.807, 2.05) is 0 Å². The number of hydrogen-bond acceptors (Lipinski definition) is 4. The molecule has 2 amide bonds. The summed E-state index contributed by atoms with van der Waals surface area (Å²) >= 11 is 0. The maximum atomic E-state index is 13.0. The Bertz CT molecular complexity index is 1010. The van der Waals surface area contributed by atoms with E-state index in [9.17, 15) is 22.0 Å². The minimum atomic E-state index is -3.62. The van der Waals surface area contributed by atoms with Crippen molar-refractivity contribution in [2.24, 2.45) is 0 Å². The van der Waals surface area contributed by atoms with Crippen molar-refractivity contribution in [3.05, 3.63) is 54.1 Å². The van der Waals surface area contributed by atoms with Crippen LogP contribution in [0.1, 0.15) is 31.2 Å². The first-order valence-corrected chi connectivity index (χ1v) is 11.9. The summed E-state index contributed by atoms with van der Waals surface area (Å²) in [4.78, 5) is 14.1. The Hall–Kier alpha value is -2.72. The van der Waals surface area contributed by atoms with E-state index in [0.29, 0.717) is 18.8 Å². The van der Waals surface area contributed by atoms with Crippen molar-refractivity contribution in [1.82, 2.24) is 9.21 Å². The van der Waals surface area contributed by atoms with Crippen molar-refractivity contribution in [2.75, 3.05) is 25.5 Å². The van der Waals surface area contributed by atoms with E-state index >= 15 is 0 Å². The van der Waals surface area contributed by atoms with Crippen molar-refractivity contribution in [3.8, 4) is 5.75 Å². The van der Waals surface area contributed by atoms with Crippen LogP contribution in [0.15, 0.2) is 53.4 Å². The zero-order valence-corrected chi connectivity index (χ0v) is 18.7. The highest BCUT2D eigenvalue weighted by atomic mass is 32.2. The Morgan fingerprint density at radius 3 is 2.38 bits per heavy atom. The zero-order valence-electron chi connectivity index (χ0n) is 17.8. The summed E-state index contributed by atoms with van der Waals surface area (Å²) in [6.07, 6.45) is 3.73. The number of carbonyl (C=O) groups excluding carboxylic acids is 1. The predicted octanol–water partition coefficient (Wildman–Crippen LogP) is 4.52. The summed E-state index contributed by atoms with van der Waals surface area (Å²) in [7, 11) is -2.04. The van der Waals surface area contributed by atoms with E-state index in [1.165, 1.54) is 33.5 Å². The molecule has 0 radical (unpaired) electrons. The summed E-state index contributed by atoms with van der Waals surface area (Å²) in [5.74, 6) is 0.0401. The van der Waals surface area contributed by atoms with Crippen LogP contribution in [0.4, 0.5) is 19.3 Å². The Morgan fingerprint density at radius 2 is 1.75 bits per heavy atom.